The zero-order chi connectivity index (χ0) is 11.8. The molecule has 0 atom stereocenters. The van der Waals surface area contributed by atoms with Gasteiger partial charge in [-0.15, -0.1) is 0 Å². The molecule has 1 heterocycles. The van der Waals surface area contributed by atoms with E-state index >= 15 is 0 Å². The maximum atomic E-state index is 9.90. The van der Waals surface area contributed by atoms with Gasteiger partial charge in [-0.25, -0.2) is 0 Å². The summed E-state index contributed by atoms with van der Waals surface area (Å²) in [5, 5.41) is 9.90. The first-order valence-electron chi connectivity index (χ1n) is 5.81. The van der Waals surface area contributed by atoms with Gasteiger partial charge < -0.3 is 15.7 Å². The number of piperidine rings is 1. The van der Waals surface area contributed by atoms with Crippen LogP contribution in [0.2, 0.25) is 0 Å². The zero-order valence-electron chi connectivity index (χ0n) is 10.0. The summed E-state index contributed by atoms with van der Waals surface area (Å²) in [5.41, 5.74) is 8.52. The number of aryl methyl sites for hydroxylation is 1. The van der Waals surface area contributed by atoms with Gasteiger partial charge in [-0.05, 0) is 50.5 Å². The fourth-order valence-electron chi connectivity index (χ4n) is 2.22. The monoisotopic (exact) mass is 220 g/mol. The lowest BCUT2D eigenvalue weighted by Crippen LogP contribution is -2.42. The summed E-state index contributed by atoms with van der Waals surface area (Å²) in [7, 11) is 0. The van der Waals surface area contributed by atoms with Gasteiger partial charge in [0.05, 0.1) is 5.60 Å². The second kappa shape index (κ2) is 3.98. The minimum Gasteiger partial charge on any atom is -0.399 e. The molecular weight excluding hydrogens is 200 g/mol. The SMILES string of the molecule is Cc1cc(N)cc(N2CCC(C)(O)CC2)c1. The van der Waals surface area contributed by atoms with E-state index in [0.29, 0.717) is 0 Å². The lowest BCUT2D eigenvalue weighted by Gasteiger charge is -2.37. The van der Waals surface area contributed by atoms with Crippen LogP contribution in [0.4, 0.5) is 11.4 Å². The summed E-state index contributed by atoms with van der Waals surface area (Å²) < 4.78 is 0. The molecule has 1 aliphatic heterocycles. The van der Waals surface area contributed by atoms with Gasteiger partial charge in [0.1, 0.15) is 0 Å². The molecular formula is C13H20N2O. The third-order valence-electron chi connectivity index (χ3n) is 3.29. The smallest absolute Gasteiger partial charge is 0.0653 e. The first-order valence-corrected chi connectivity index (χ1v) is 5.81. The van der Waals surface area contributed by atoms with E-state index in [1.807, 2.05) is 19.1 Å². The molecule has 1 aromatic rings. The van der Waals surface area contributed by atoms with Crippen LogP contribution in [0.15, 0.2) is 18.2 Å². The van der Waals surface area contributed by atoms with Gasteiger partial charge in [0.25, 0.3) is 0 Å². The zero-order valence-corrected chi connectivity index (χ0v) is 10.0. The van der Waals surface area contributed by atoms with Crippen LogP contribution in [0.25, 0.3) is 0 Å². The quantitative estimate of drug-likeness (QED) is 0.711. The van der Waals surface area contributed by atoms with Gasteiger partial charge in [-0.1, -0.05) is 0 Å². The van der Waals surface area contributed by atoms with Crippen LogP contribution in [0.5, 0.6) is 0 Å². The molecule has 0 aliphatic carbocycles. The number of hydrogen-bond donors (Lipinski definition) is 2. The van der Waals surface area contributed by atoms with Crippen molar-refractivity contribution >= 4 is 11.4 Å². The van der Waals surface area contributed by atoms with Crippen molar-refractivity contribution in [1.82, 2.24) is 0 Å². The topological polar surface area (TPSA) is 49.5 Å². The van der Waals surface area contributed by atoms with E-state index in [0.717, 1.165) is 31.6 Å². The highest BCUT2D eigenvalue weighted by Gasteiger charge is 2.27. The molecule has 0 unspecified atom stereocenters. The predicted molar refractivity (Wildman–Crippen MR) is 67.7 cm³/mol. The van der Waals surface area contributed by atoms with Crippen molar-refractivity contribution in [3.05, 3.63) is 23.8 Å². The van der Waals surface area contributed by atoms with Crippen molar-refractivity contribution in [2.75, 3.05) is 23.7 Å². The number of rotatable bonds is 1. The van der Waals surface area contributed by atoms with E-state index in [9.17, 15) is 5.11 Å². The summed E-state index contributed by atoms with van der Waals surface area (Å²) in [4.78, 5) is 2.29. The third-order valence-corrected chi connectivity index (χ3v) is 3.29. The Bertz CT molecular complexity index is 357. The van der Waals surface area contributed by atoms with Crippen LogP contribution in [0, 0.1) is 6.92 Å². The molecule has 3 heteroatoms. The van der Waals surface area contributed by atoms with E-state index < -0.39 is 5.60 Å². The average Bonchev–Trinajstić information content (AvgIpc) is 2.15. The van der Waals surface area contributed by atoms with Crippen LogP contribution in [-0.4, -0.2) is 23.8 Å². The Kier molecular flexibility index (Phi) is 2.80. The van der Waals surface area contributed by atoms with Crippen molar-refractivity contribution in [2.24, 2.45) is 0 Å². The van der Waals surface area contributed by atoms with Crippen LogP contribution < -0.4 is 10.6 Å². The molecule has 1 aliphatic rings. The Balaban J connectivity index is 2.14. The van der Waals surface area contributed by atoms with E-state index in [-0.39, 0.29) is 0 Å². The second-order valence-corrected chi connectivity index (χ2v) is 5.09. The average molecular weight is 220 g/mol. The van der Waals surface area contributed by atoms with E-state index in [2.05, 4.69) is 17.9 Å². The molecule has 88 valence electrons. The lowest BCUT2D eigenvalue weighted by molar-refractivity contribution is 0.0351. The minimum atomic E-state index is -0.494. The van der Waals surface area contributed by atoms with Crippen LogP contribution in [0.1, 0.15) is 25.3 Å². The molecule has 16 heavy (non-hydrogen) atoms. The molecule has 0 spiro atoms. The molecule has 2 rings (SSSR count). The number of nitrogens with zero attached hydrogens (tertiary/aromatic N) is 1. The number of aliphatic hydroxyl groups is 1. The normalized spacial score (nSPS) is 19.8. The highest BCUT2D eigenvalue weighted by atomic mass is 16.3. The van der Waals surface area contributed by atoms with Crippen molar-refractivity contribution in [3.63, 3.8) is 0 Å². The van der Waals surface area contributed by atoms with Gasteiger partial charge in [-0.3, -0.25) is 0 Å². The number of benzene rings is 1. The van der Waals surface area contributed by atoms with Gasteiger partial charge in [-0.2, -0.15) is 0 Å². The van der Waals surface area contributed by atoms with Gasteiger partial charge in [0.2, 0.25) is 0 Å². The molecule has 0 radical (unpaired) electrons. The molecule has 0 amide bonds. The van der Waals surface area contributed by atoms with Crippen LogP contribution in [0.3, 0.4) is 0 Å². The van der Waals surface area contributed by atoms with E-state index in [4.69, 9.17) is 5.73 Å². The van der Waals surface area contributed by atoms with Crippen LogP contribution >= 0.6 is 0 Å². The van der Waals surface area contributed by atoms with E-state index in [1.165, 1.54) is 11.3 Å². The van der Waals surface area contributed by atoms with Crippen LogP contribution in [-0.2, 0) is 0 Å². The standard InChI is InChI=1S/C13H20N2O/c1-10-7-11(14)9-12(8-10)15-5-3-13(2,16)4-6-15/h7-9,16H,3-6,14H2,1-2H3. The first-order chi connectivity index (χ1) is 7.46. The third kappa shape index (κ3) is 2.47. The maximum Gasteiger partial charge on any atom is 0.0653 e. The highest BCUT2D eigenvalue weighted by Crippen LogP contribution is 2.27. The van der Waals surface area contributed by atoms with Gasteiger partial charge in [0.15, 0.2) is 0 Å². The summed E-state index contributed by atoms with van der Waals surface area (Å²) in [6, 6.07) is 6.13. The fourth-order valence-corrected chi connectivity index (χ4v) is 2.22. The molecule has 0 saturated carbocycles. The molecule has 0 aromatic heterocycles. The summed E-state index contributed by atoms with van der Waals surface area (Å²) >= 11 is 0. The molecule has 0 bridgehead atoms. The van der Waals surface area contributed by atoms with Crippen molar-refractivity contribution < 1.29 is 5.11 Å². The summed E-state index contributed by atoms with van der Waals surface area (Å²) in [5.74, 6) is 0. The van der Waals surface area contributed by atoms with Crippen molar-refractivity contribution in [2.45, 2.75) is 32.3 Å². The minimum absolute atomic E-state index is 0.494. The lowest BCUT2D eigenvalue weighted by atomic mass is 9.93. The Morgan fingerprint density at radius 3 is 2.44 bits per heavy atom. The second-order valence-electron chi connectivity index (χ2n) is 5.09. The molecule has 1 saturated heterocycles. The summed E-state index contributed by atoms with van der Waals surface area (Å²) in [6.45, 7) is 5.76. The Morgan fingerprint density at radius 2 is 1.88 bits per heavy atom. The maximum absolute atomic E-state index is 9.90. The Labute approximate surface area is 96.9 Å². The van der Waals surface area contributed by atoms with Crippen molar-refractivity contribution in [3.8, 4) is 0 Å². The number of hydrogen-bond acceptors (Lipinski definition) is 3. The number of nitrogens with two attached hydrogens (primary N) is 1. The fraction of sp³-hybridized carbons (Fsp3) is 0.538. The first kappa shape index (κ1) is 11.3. The molecule has 3 N–H and O–H groups in total. The van der Waals surface area contributed by atoms with Gasteiger partial charge in [0, 0.05) is 24.5 Å². The Hall–Kier alpha value is -1.22. The molecule has 1 aromatic carbocycles. The number of anilines is 2. The predicted octanol–water partition coefficient (Wildman–Crippen LogP) is 1.93. The molecule has 3 nitrogen and oxygen atoms in total. The van der Waals surface area contributed by atoms with Gasteiger partial charge >= 0.3 is 0 Å². The largest absolute Gasteiger partial charge is 0.399 e. The highest BCUT2D eigenvalue weighted by molar-refractivity contribution is 5.58. The van der Waals surface area contributed by atoms with Crippen molar-refractivity contribution in [1.29, 1.82) is 0 Å². The number of nitrogen functional groups attached to an aromatic ring is 1. The summed E-state index contributed by atoms with van der Waals surface area (Å²) in [6.07, 6.45) is 1.64. The Morgan fingerprint density at radius 1 is 1.25 bits per heavy atom. The molecule has 1 fully saturated rings. The van der Waals surface area contributed by atoms with E-state index in [1.54, 1.807) is 0 Å².